The molecule has 0 saturated carbocycles. The van der Waals surface area contributed by atoms with Crippen molar-refractivity contribution < 1.29 is 48.8 Å². The van der Waals surface area contributed by atoms with E-state index in [0.29, 0.717) is 6.07 Å². The summed E-state index contributed by atoms with van der Waals surface area (Å²) in [5.41, 5.74) is -8.55. The average molecular weight is 622 g/mol. The second kappa shape index (κ2) is 9.47. The molecule has 1 aromatic heterocycles. The fraction of sp³-hybridized carbons (Fsp3) is 0.409. The highest BCUT2D eigenvalue weighted by atomic mass is 35.5. The predicted octanol–water partition coefficient (Wildman–Crippen LogP) is 5.04. The van der Waals surface area contributed by atoms with Gasteiger partial charge in [0.15, 0.2) is 15.5 Å². The Kier molecular flexibility index (Phi) is 7.13. The van der Waals surface area contributed by atoms with Gasteiger partial charge in [0.1, 0.15) is 5.75 Å². The zero-order valence-corrected chi connectivity index (χ0v) is 21.8. The lowest BCUT2D eigenvalue weighted by Gasteiger charge is -2.43. The van der Waals surface area contributed by atoms with Crippen LogP contribution < -0.4 is 0 Å². The highest BCUT2D eigenvalue weighted by molar-refractivity contribution is 7.91. The van der Waals surface area contributed by atoms with E-state index in [9.17, 15) is 39.6 Å². The number of hydrogen-bond acceptors (Lipinski definition) is 6. The maximum absolute atomic E-state index is 15.2. The average Bonchev–Trinajstić information content (AvgIpc) is 3.24. The van der Waals surface area contributed by atoms with Gasteiger partial charge in [0.25, 0.3) is 5.60 Å². The van der Waals surface area contributed by atoms with Gasteiger partial charge in [-0.2, -0.15) is 26.3 Å². The number of alkyl halides is 7. The summed E-state index contributed by atoms with van der Waals surface area (Å²) in [5, 5.41) is 1.69. The van der Waals surface area contributed by atoms with Gasteiger partial charge in [0, 0.05) is 23.6 Å². The van der Waals surface area contributed by atoms with Crippen molar-refractivity contribution in [2.45, 2.75) is 30.0 Å². The molecule has 0 radical (unpaired) electrons. The molecule has 0 aliphatic carbocycles. The van der Waals surface area contributed by atoms with Crippen LogP contribution in [0.3, 0.4) is 0 Å². The monoisotopic (exact) mass is 621 g/mol. The summed E-state index contributed by atoms with van der Waals surface area (Å²) in [6.45, 7) is -0.957. The predicted molar refractivity (Wildman–Crippen MR) is 125 cm³/mol. The van der Waals surface area contributed by atoms with Crippen molar-refractivity contribution in [2.75, 3.05) is 25.1 Å². The smallest absolute Gasteiger partial charge is 0.374 e. The van der Waals surface area contributed by atoms with Gasteiger partial charge in [-0.25, -0.2) is 12.8 Å². The van der Waals surface area contributed by atoms with E-state index in [0.717, 1.165) is 23.4 Å². The fourth-order valence-corrected chi connectivity index (χ4v) is 5.20. The molecule has 1 amide bonds. The molecule has 4 rings (SSSR count). The zero-order valence-electron chi connectivity index (χ0n) is 19.5. The number of sulfone groups is 1. The normalized spacial score (nSPS) is 21.3. The molecule has 1 fully saturated rings. The SMILES string of the molecule is CS(=O)(=O)CC(=O)N1CC(F)(c2ccc(C3=NOC(c4cc(Cl)c(Cl)c(C(F)(F)F)c4)(C(F)(F)F)C3)cn2)C1. The van der Waals surface area contributed by atoms with Gasteiger partial charge in [-0.1, -0.05) is 28.4 Å². The van der Waals surface area contributed by atoms with Crippen molar-refractivity contribution in [3.8, 4) is 0 Å². The third-order valence-electron chi connectivity index (χ3n) is 6.16. The molecule has 1 unspecified atom stereocenters. The van der Waals surface area contributed by atoms with Crippen molar-refractivity contribution in [2.24, 2.45) is 5.16 Å². The Morgan fingerprint density at radius 1 is 1.13 bits per heavy atom. The minimum Gasteiger partial charge on any atom is -0.374 e. The number of oxime groups is 1. The van der Waals surface area contributed by atoms with Crippen LogP contribution in [0.25, 0.3) is 0 Å². The van der Waals surface area contributed by atoms with E-state index >= 15 is 4.39 Å². The maximum atomic E-state index is 15.2. The van der Waals surface area contributed by atoms with E-state index < -0.39 is 85.8 Å². The third kappa shape index (κ3) is 5.53. The Balaban J connectivity index is 1.57. The lowest BCUT2D eigenvalue weighted by Crippen LogP contribution is -2.60. The lowest BCUT2D eigenvalue weighted by atomic mass is 9.85. The van der Waals surface area contributed by atoms with E-state index in [1.165, 1.54) is 6.07 Å². The molecule has 7 nitrogen and oxygen atoms in total. The van der Waals surface area contributed by atoms with Crippen LogP contribution in [-0.4, -0.2) is 61.2 Å². The minimum absolute atomic E-state index is 0.0334. The number of rotatable bonds is 5. The standard InChI is InChI=1S/C22H16Cl2F7N3O4S/c1-39(36,37)8-17(35)34-9-19(25,10-34)16-3-2-11(7-32-16)15-6-20(38-33-15,22(29,30)31)12-4-13(21(26,27)28)18(24)14(23)5-12/h2-5,7H,6,8-10H2,1H3. The molecule has 1 atom stereocenters. The largest absolute Gasteiger partial charge is 0.435 e. The Labute approximate surface area is 226 Å². The molecular formula is C22H16Cl2F7N3O4S. The molecule has 2 aliphatic rings. The summed E-state index contributed by atoms with van der Waals surface area (Å²) < 4.78 is 121. The highest BCUT2D eigenvalue weighted by Crippen LogP contribution is 2.51. The number of benzene rings is 1. The van der Waals surface area contributed by atoms with E-state index in [2.05, 4.69) is 10.1 Å². The van der Waals surface area contributed by atoms with Gasteiger partial charge in [-0.15, -0.1) is 0 Å². The highest BCUT2D eigenvalue weighted by Gasteiger charge is 2.63. The van der Waals surface area contributed by atoms with Crippen LogP contribution in [0.15, 0.2) is 35.6 Å². The summed E-state index contributed by atoms with van der Waals surface area (Å²) in [6, 6.07) is 3.15. The van der Waals surface area contributed by atoms with Crippen LogP contribution in [0.4, 0.5) is 30.7 Å². The summed E-state index contributed by atoms with van der Waals surface area (Å²) in [5.74, 6) is -1.58. The van der Waals surface area contributed by atoms with Gasteiger partial charge in [-0.05, 0) is 24.3 Å². The third-order valence-corrected chi connectivity index (χ3v) is 7.74. The molecule has 0 spiro atoms. The zero-order chi connectivity index (χ0) is 29.2. The molecule has 2 aromatic rings. The quantitative estimate of drug-likeness (QED) is 0.437. The van der Waals surface area contributed by atoms with Crippen LogP contribution in [0.2, 0.25) is 10.0 Å². The number of halogens is 9. The van der Waals surface area contributed by atoms with Crippen molar-refractivity contribution in [1.82, 2.24) is 9.88 Å². The molecule has 212 valence electrons. The van der Waals surface area contributed by atoms with Crippen molar-refractivity contribution >= 4 is 44.7 Å². The number of amides is 1. The summed E-state index contributed by atoms with van der Waals surface area (Å²) in [6.07, 6.45) is -9.56. The second-order valence-electron chi connectivity index (χ2n) is 9.17. The summed E-state index contributed by atoms with van der Waals surface area (Å²) >= 11 is 11.3. The first kappa shape index (κ1) is 29.3. The molecular weight excluding hydrogens is 606 g/mol. The Bertz CT molecular complexity index is 1460. The number of carbonyl (C=O) groups is 1. The first-order chi connectivity index (χ1) is 17.8. The van der Waals surface area contributed by atoms with Gasteiger partial charge in [-0.3, -0.25) is 9.78 Å². The van der Waals surface area contributed by atoms with Crippen LogP contribution in [0.5, 0.6) is 0 Å². The Morgan fingerprint density at radius 2 is 1.77 bits per heavy atom. The Morgan fingerprint density at radius 3 is 2.28 bits per heavy atom. The van der Waals surface area contributed by atoms with Crippen molar-refractivity contribution in [3.63, 3.8) is 0 Å². The first-order valence-electron chi connectivity index (χ1n) is 10.8. The van der Waals surface area contributed by atoms with E-state index in [4.69, 9.17) is 28.0 Å². The molecule has 1 aromatic carbocycles. The van der Waals surface area contributed by atoms with Gasteiger partial charge in [0.2, 0.25) is 5.91 Å². The number of nitrogens with zero attached hydrogens (tertiary/aromatic N) is 3. The summed E-state index contributed by atoms with van der Waals surface area (Å²) in [4.78, 5) is 21.5. The van der Waals surface area contributed by atoms with E-state index in [1.54, 1.807) is 0 Å². The molecule has 0 bridgehead atoms. The molecule has 1 saturated heterocycles. The molecule has 2 aliphatic heterocycles. The van der Waals surface area contributed by atoms with Crippen molar-refractivity contribution in [1.29, 1.82) is 0 Å². The van der Waals surface area contributed by atoms with Gasteiger partial charge >= 0.3 is 12.4 Å². The number of likely N-dealkylation sites (tertiary alicyclic amines) is 1. The topological polar surface area (TPSA) is 88.9 Å². The van der Waals surface area contributed by atoms with Crippen LogP contribution in [0, 0.1) is 0 Å². The van der Waals surface area contributed by atoms with Gasteiger partial charge in [0.05, 0.1) is 46.5 Å². The van der Waals surface area contributed by atoms with Crippen LogP contribution in [-0.2, 0) is 36.9 Å². The summed E-state index contributed by atoms with van der Waals surface area (Å²) in [7, 11) is -3.62. The molecule has 17 heteroatoms. The second-order valence-corrected chi connectivity index (χ2v) is 12.1. The number of carbonyl (C=O) groups excluding carboxylic acids is 1. The van der Waals surface area contributed by atoms with Crippen LogP contribution >= 0.6 is 23.2 Å². The lowest BCUT2D eigenvalue weighted by molar-refractivity contribution is -0.276. The Hall–Kier alpha value is -2.65. The van der Waals surface area contributed by atoms with E-state index in [-0.39, 0.29) is 23.0 Å². The van der Waals surface area contributed by atoms with Crippen molar-refractivity contribution in [3.05, 3.63) is 62.9 Å². The molecule has 0 N–H and O–H groups in total. The minimum atomic E-state index is -5.25. The molecule has 39 heavy (non-hydrogen) atoms. The number of aromatic nitrogens is 1. The number of hydrogen-bond donors (Lipinski definition) is 0. The molecule has 3 heterocycles. The fourth-order valence-electron chi connectivity index (χ4n) is 4.13. The van der Waals surface area contributed by atoms with Crippen LogP contribution in [0.1, 0.15) is 28.8 Å². The number of pyridine rings is 1. The maximum Gasteiger partial charge on any atom is 0.435 e. The van der Waals surface area contributed by atoms with Gasteiger partial charge < -0.3 is 9.74 Å². The first-order valence-corrected chi connectivity index (χ1v) is 13.6. The van der Waals surface area contributed by atoms with E-state index in [1.807, 2.05) is 0 Å².